The average Bonchev–Trinajstić information content (AvgIpc) is 2.46. The topological polar surface area (TPSA) is 26.3 Å². The van der Waals surface area contributed by atoms with Gasteiger partial charge in [-0.3, -0.25) is 4.79 Å². The van der Waals surface area contributed by atoms with Crippen LogP contribution in [0.2, 0.25) is 0 Å². The molecule has 0 fully saturated rings. The van der Waals surface area contributed by atoms with Crippen LogP contribution in [0.3, 0.4) is 0 Å². The average molecular weight is 254 g/mol. The lowest BCUT2D eigenvalue weighted by molar-refractivity contribution is -0.117. The van der Waals surface area contributed by atoms with E-state index in [2.05, 4.69) is 12.1 Å². The molecule has 0 saturated heterocycles. The Morgan fingerprint density at radius 1 is 1.00 bits per heavy atom. The van der Waals surface area contributed by atoms with Crippen LogP contribution in [0.4, 0.5) is 0 Å². The minimum Gasteiger partial charge on any atom is -0.497 e. The van der Waals surface area contributed by atoms with Crippen molar-refractivity contribution in [3.8, 4) is 5.75 Å². The first-order valence-electron chi connectivity index (χ1n) is 6.39. The van der Waals surface area contributed by atoms with Crippen molar-refractivity contribution >= 4 is 5.78 Å². The second kappa shape index (κ2) is 6.19. The third-order valence-electron chi connectivity index (χ3n) is 3.21. The number of ether oxygens (including phenoxy) is 1. The molecule has 0 aromatic heterocycles. The van der Waals surface area contributed by atoms with Crippen LogP contribution >= 0.6 is 0 Å². The highest BCUT2D eigenvalue weighted by Crippen LogP contribution is 2.29. The molecular weight excluding hydrogens is 236 g/mol. The van der Waals surface area contributed by atoms with E-state index in [1.807, 2.05) is 42.5 Å². The monoisotopic (exact) mass is 254 g/mol. The molecule has 0 radical (unpaired) electrons. The third kappa shape index (κ3) is 3.44. The summed E-state index contributed by atoms with van der Waals surface area (Å²) in [6.07, 6.45) is 0.524. The van der Waals surface area contributed by atoms with E-state index in [1.165, 1.54) is 5.56 Å². The van der Waals surface area contributed by atoms with Gasteiger partial charge in [0.05, 0.1) is 7.11 Å². The summed E-state index contributed by atoms with van der Waals surface area (Å²) >= 11 is 0. The van der Waals surface area contributed by atoms with Gasteiger partial charge in [-0.25, -0.2) is 0 Å². The number of carbonyl (C=O) groups excluding carboxylic acids is 1. The Kier molecular flexibility index (Phi) is 4.35. The lowest BCUT2D eigenvalue weighted by atomic mass is 9.87. The van der Waals surface area contributed by atoms with Gasteiger partial charge in [0.1, 0.15) is 11.5 Å². The van der Waals surface area contributed by atoms with E-state index in [4.69, 9.17) is 4.74 Å². The molecule has 2 nitrogen and oxygen atoms in total. The molecule has 1 unspecified atom stereocenters. The predicted octanol–water partition coefficient (Wildman–Crippen LogP) is 3.81. The van der Waals surface area contributed by atoms with Gasteiger partial charge >= 0.3 is 0 Å². The van der Waals surface area contributed by atoms with Gasteiger partial charge < -0.3 is 4.74 Å². The molecule has 0 spiro atoms. The molecular formula is C17H18O2. The molecule has 0 amide bonds. The Hall–Kier alpha value is -2.09. The van der Waals surface area contributed by atoms with Crippen molar-refractivity contribution < 1.29 is 9.53 Å². The Balaban J connectivity index is 2.34. The molecule has 0 saturated carbocycles. The van der Waals surface area contributed by atoms with Crippen LogP contribution in [0.15, 0.2) is 54.6 Å². The molecule has 0 aliphatic heterocycles. The summed E-state index contributed by atoms with van der Waals surface area (Å²) in [7, 11) is 1.65. The first-order valence-corrected chi connectivity index (χ1v) is 6.39. The molecule has 0 bridgehead atoms. The smallest absolute Gasteiger partial charge is 0.130 e. The molecule has 0 aliphatic rings. The van der Waals surface area contributed by atoms with Crippen LogP contribution in [0.5, 0.6) is 5.75 Å². The van der Waals surface area contributed by atoms with E-state index < -0.39 is 0 Å². The van der Waals surface area contributed by atoms with Crippen molar-refractivity contribution in [1.29, 1.82) is 0 Å². The standard InChI is InChI=1S/C17H18O2/c1-13(18)12-17(14-6-4-3-5-7-14)15-8-10-16(19-2)11-9-15/h3-11,17H,12H2,1-2H3. The molecule has 0 aliphatic carbocycles. The van der Waals surface area contributed by atoms with Gasteiger partial charge in [-0.1, -0.05) is 42.5 Å². The Labute approximate surface area is 114 Å². The van der Waals surface area contributed by atoms with Crippen molar-refractivity contribution in [3.05, 3.63) is 65.7 Å². The number of hydrogen-bond acceptors (Lipinski definition) is 2. The van der Waals surface area contributed by atoms with Crippen molar-refractivity contribution in [3.63, 3.8) is 0 Å². The normalized spacial score (nSPS) is 11.9. The van der Waals surface area contributed by atoms with Gasteiger partial charge in [0.25, 0.3) is 0 Å². The fraction of sp³-hybridized carbons (Fsp3) is 0.235. The zero-order valence-electron chi connectivity index (χ0n) is 11.3. The molecule has 98 valence electrons. The van der Waals surface area contributed by atoms with E-state index in [9.17, 15) is 4.79 Å². The molecule has 2 aromatic carbocycles. The minimum atomic E-state index is 0.115. The quantitative estimate of drug-likeness (QED) is 0.811. The second-order valence-corrected chi connectivity index (χ2v) is 4.64. The largest absolute Gasteiger partial charge is 0.497 e. The van der Waals surface area contributed by atoms with Crippen LogP contribution in [0.25, 0.3) is 0 Å². The summed E-state index contributed by atoms with van der Waals surface area (Å²) in [6, 6.07) is 18.1. The summed E-state index contributed by atoms with van der Waals surface area (Å²) in [5.41, 5.74) is 2.31. The fourth-order valence-electron chi connectivity index (χ4n) is 2.24. The van der Waals surface area contributed by atoms with E-state index >= 15 is 0 Å². The molecule has 0 N–H and O–H groups in total. The fourth-order valence-corrected chi connectivity index (χ4v) is 2.24. The second-order valence-electron chi connectivity index (χ2n) is 4.64. The number of hydrogen-bond donors (Lipinski definition) is 0. The SMILES string of the molecule is COc1ccc(C(CC(C)=O)c2ccccc2)cc1. The van der Waals surface area contributed by atoms with Crippen LogP contribution in [-0.2, 0) is 4.79 Å². The first kappa shape index (κ1) is 13.3. The number of benzene rings is 2. The number of methoxy groups -OCH3 is 1. The Bertz CT molecular complexity index is 529. The van der Waals surface area contributed by atoms with Crippen molar-refractivity contribution in [2.24, 2.45) is 0 Å². The lowest BCUT2D eigenvalue weighted by Gasteiger charge is -2.17. The molecule has 2 heteroatoms. The number of carbonyl (C=O) groups is 1. The minimum absolute atomic E-state index is 0.115. The third-order valence-corrected chi connectivity index (χ3v) is 3.21. The summed E-state index contributed by atoms with van der Waals surface area (Å²) in [5.74, 6) is 1.15. The van der Waals surface area contributed by atoms with Gasteiger partial charge in [0.2, 0.25) is 0 Å². The Morgan fingerprint density at radius 3 is 2.11 bits per heavy atom. The summed E-state index contributed by atoms with van der Waals surface area (Å²) < 4.78 is 5.17. The molecule has 2 aromatic rings. The highest BCUT2D eigenvalue weighted by atomic mass is 16.5. The van der Waals surface area contributed by atoms with Crippen molar-refractivity contribution in [1.82, 2.24) is 0 Å². The summed E-state index contributed by atoms with van der Waals surface area (Å²) in [4.78, 5) is 11.5. The van der Waals surface area contributed by atoms with Crippen LogP contribution in [0, 0.1) is 0 Å². The number of Topliss-reactive ketones (excluding diaryl/α,β-unsaturated/α-hetero) is 1. The summed E-state index contributed by atoms with van der Waals surface area (Å²) in [6.45, 7) is 1.64. The predicted molar refractivity (Wildman–Crippen MR) is 76.6 cm³/mol. The van der Waals surface area contributed by atoms with Crippen LogP contribution < -0.4 is 4.74 Å². The van der Waals surface area contributed by atoms with E-state index in [0.29, 0.717) is 6.42 Å². The highest BCUT2D eigenvalue weighted by Gasteiger charge is 2.16. The first-order chi connectivity index (χ1) is 9.20. The number of ketones is 1. The zero-order valence-corrected chi connectivity index (χ0v) is 11.3. The summed E-state index contributed by atoms with van der Waals surface area (Å²) in [5, 5.41) is 0. The molecule has 0 heterocycles. The zero-order chi connectivity index (χ0) is 13.7. The Morgan fingerprint density at radius 2 is 1.58 bits per heavy atom. The van der Waals surface area contributed by atoms with Crippen molar-refractivity contribution in [2.45, 2.75) is 19.3 Å². The van der Waals surface area contributed by atoms with Gasteiger partial charge in [0, 0.05) is 12.3 Å². The van der Waals surface area contributed by atoms with Crippen LogP contribution in [-0.4, -0.2) is 12.9 Å². The van der Waals surface area contributed by atoms with E-state index in [0.717, 1.165) is 11.3 Å². The highest BCUT2D eigenvalue weighted by molar-refractivity contribution is 5.77. The van der Waals surface area contributed by atoms with E-state index in [-0.39, 0.29) is 11.7 Å². The van der Waals surface area contributed by atoms with E-state index in [1.54, 1.807) is 14.0 Å². The van der Waals surface area contributed by atoms with Gasteiger partial charge in [0.15, 0.2) is 0 Å². The molecule has 1 atom stereocenters. The van der Waals surface area contributed by atoms with Gasteiger partial charge in [-0.15, -0.1) is 0 Å². The number of rotatable bonds is 5. The maximum Gasteiger partial charge on any atom is 0.130 e. The maximum atomic E-state index is 11.5. The van der Waals surface area contributed by atoms with Gasteiger partial charge in [-0.2, -0.15) is 0 Å². The maximum absolute atomic E-state index is 11.5. The lowest BCUT2D eigenvalue weighted by Crippen LogP contribution is -2.06. The molecule has 19 heavy (non-hydrogen) atoms. The van der Waals surface area contributed by atoms with Crippen LogP contribution in [0.1, 0.15) is 30.4 Å². The molecule has 2 rings (SSSR count). The van der Waals surface area contributed by atoms with Crippen molar-refractivity contribution in [2.75, 3.05) is 7.11 Å². The van der Waals surface area contributed by atoms with Gasteiger partial charge in [-0.05, 0) is 30.2 Å².